The molecule has 2 heterocycles. The highest BCUT2D eigenvalue weighted by atomic mass is 32.1. The molecule has 5 rings (SSSR count). The van der Waals surface area contributed by atoms with E-state index in [4.69, 9.17) is 4.98 Å². The molecule has 2 aromatic heterocycles. The molecule has 114 valence electrons. The molecule has 24 heavy (non-hydrogen) atoms. The highest BCUT2D eigenvalue weighted by molar-refractivity contribution is 7.26. The van der Waals surface area contributed by atoms with E-state index in [9.17, 15) is 0 Å². The van der Waals surface area contributed by atoms with E-state index in [1.807, 2.05) is 17.4 Å². The topological polar surface area (TPSA) is 12.9 Å². The Balaban J connectivity index is 1.58. The maximum Gasteiger partial charge on any atom is 0.134 e. The number of thiazole rings is 1. The van der Waals surface area contributed by atoms with Gasteiger partial charge in [0.2, 0.25) is 0 Å². The highest BCUT2D eigenvalue weighted by Gasteiger charge is 2.10. The summed E-state index contributed by atoms with van der Waals surface area (Å²) in [7, 11) is 0. The molecular weight excluding hydrogens is 330 g/mol. The van der Waals surface area contributed by atoms with Crippen LogP contribution in [0.4, 0.5) is 0 Å². The van der Waals surface area contributed by atoms with E-state index < -0.39 is 0 Å². The summed E-state index contributed by atoms with van der Waals surface area (Å²) < 4.78 is 1.24. The van der Waals surface area contributed by atoms with Crippen LogP contribution in [0.1, 0.15) is 0 Å². The smallest absolute Gasteiger partial charge is 0.134 e. The second-order valence-corrected chi connectivity index (χ2v) is 7.83. The number of thiophene rings is 1. The summed E-state index contributed by atoms with van der Waals surface area (Å²) in [6.45, 7) is 0. The number of benzene rings is 3. The Labute approximate surface area is 147 Å². The van der Waals surface area contributed by atoms with Crippen LogP contribution in [0.3, 0.4) is 0 Å². The van der Waals surface area contributed by atoms with Crippen molar-refractivity contribution in [3.8, 4) is 20.3 Å². The zero-order chi connectivity index (χ0) is 15.9. The third kappa shape index (κ3) is 2.33. The van der Waals surface area contributed by atoms with Gasteiger partial charge in [-0.15, -0.1) is 22.7 Å². The molecule has 0 bridgehead atoms. The van der Waals surface area contributed by atoms with E-state index in [1.54, 1.807) is 11.3 Å². The van der Waals surface area contributed by atoms with Gasteiger partial charge in [-0.2, -0.15) is 0 Å². The van der Waals surface area contributed by atoms with Gasteiger partial charge in [-0.25, -0.2) is 4.98 Å². The molecule has 0 fully saturated rings. The second-order valence-electron chi connectivity index (χ2n) is 5.71. The Morgan fingerprint density at radius 3 is 2.33 bits per heavy atom. The first-order valence-electron chi connectivity index (χ1n) is 7.82. The lowest BCUT2D eigenvalue weighted by Crippen LogP contribution is -1.74. The van der Waals surface area contributed by atoms with E-state index in [0.29, 0.717) is 0 Å². The largest absolute Gasteiger partial charge is 0.235 e. The molecule has 0 N–H and O–H groups in total. The summed E-state index contributed by atoms with van der Waals surface area (Å²) in [5.74, 6) is 0. The lowest BCUT2D eigenvalue weighted by molar-refractivity contribution is 1.50. The van der Waals surface area contributed by atoms with Gasteiger partial charge in [0.25, 0.3) is 0 Å². The average molecular weight is 343 g/mol. The predicted molar refractivity (Wildman–Crippen MR) is 106 cm³/mol. The van der Waals surface area contributed by atoms with E-state index in [0.717, 1.165) is 10.5 Å². The van der Waals surface area contributed by atoms with Gasteiger partial charge in [0.1, 0.15) is 5.01 Å². The van der Waals surface area contributed by atoms with Crippen LogP contribution in [0.2, 0.25) is 0 Å². The van der Waals surface area contributed by atoms with Crippen LogP contribution >= 0.6 is 22.7 Å². The Morgan fingerprint density at radius 1 is 0.625 bits per heavy atom. The number of fused-ring (bicyclic) bond motifs is 2. The van der Waals surface area contributed by atoms with Crippen molar-refractivity contribution < 1.29 is 0 Å². The van der Waals surface area contributed by atoms with Crippen LogP contribution in [0.25, 0.3) is 41.3 Å². The molecule has 0 aliphatic carbocycles. The normalized spacial score (nSPS) is 11.3. The van der Waals surface area contributed by atoms with Gasteiger partial charge in [0.05, 0.1) is 15.1 Å². The van der Waals surface area contributed by atoms with Crippen LogP contribution in [-0.2, 0) is 0 Å². The van der Waals surface area contributed by atoms with Gasteiger partial charge in [-0.05, 0) is 46.7 Å². The molecule has 3 heteroatoms. The zero-order valence-corrected chi connectivity index (χ0v) is 14.4. The molecular formula is C21H13NS2. The van der Waals surface area contributed by atoms with Crippen LogP contribution in [0.15, 0.2) is 78.9 Å². The average Bonchev–Trinajstić information content (AvgIpc) is 3.28. The van der Waals surface area contributed by atoms with E-state index in [2.05, 4.69) is 72.8 Å². The van der Waals surface area contributed by atoms with Gasteiger partial charge in [-0.3, -0.25) is 0 Å². The maximum atomic E-state index is 4.77. The van der Waals surface area contributed by atoms with E-state index in [-0.39, 0.29) is 0 Å². The molecule has 0 saturated heterocycles. The minimum Gasteiger partial charge on any atom is -0.235 e. The van der Waals surface area contributed by atoms with Crippen molar-refractivity contribution >= 4 is 43.7 Å². The fourth-order valence-electron chi connectivity index (χ4n) is 2.93. The highest BCUT2D eigenvalue weighted by Crippen LogP contribution is 2.38. The summed E-state index contributed by atoms with van der Waals surface area (Å²) in [6.07, 6.45) is 0. The Morgan fingerprint density at radius 2 is 1.42 bits per heavy atom. The number of nitrogens with zero attached hydrogens (tertiary/aromatic N) is 1. The lowest BCUT2D eigenvalue weighted by atomic mass is 10.1. The van der Waals surface area contributed by atoms with Crippen LogP contribution in [-0.4, -0.2) is 4.98 Å². The van der Waals surface area contributed by atoms with E-state index >= 15 is 0 Å². The number of hydrogen-bond donors (Lipinski definition) is 0. The molecule has 0 aliphatic rings. The van der Waals surface area contributed by atoms with Gasteiger partial charge in [0.15, 0.2) is 0 Å². The predicted octanol–water partition coefficient (Wildman–Crippen LogP) is 6.85. The summed E-state index contributed by atoms with van der Waals surface area (Å²) >= 11 is 3.57. The standard InChI is InChI=1S/C21H13NS2/c1-2-6-15-13-16(10-9-14(15)5-1)18-11-12-20(23-18)21-22-17-7-3-4-8-19(17)24-21/h1-13H. The van der Waals surface area contributed by atoms with Gasteiger partial charge in [0, 0.05) is 4.88 Å². The first-order valence-corrected chi connectivity index (χ1v) is 9.45. The van der Waals surface area contributed by atoms with Crippen LogP contribution < -0.4 is 0 Å². The van der Waals surface area contributed by atoms with E-state index in [1.165, 1.54) is 30.8 Å². The third-order valence-corrected chi connectivity index (χ3v) is 6.48. The maximum absolute atomic E-state index is 4.77. The van der Waals surface area contributed by atoms with Crippen LogP contribution in [0.5, 0.6) is 0 Å². The Hall–Kier alpha value is -2.49. The van der Waals surface area contributed by atoms with Crippen molar-refractivity contribution in [3.05, 3.63) is 78.9 Å². The van der Waals surface area contributed by atoms with Crippen molar-refractivity contribution in [2.45, 2.75) is 0 Å². The molecule has 0 amide bonds. The first kappa shape index (κ1) is 13.9. The number of rotatable bonds is 2. The van der Waals surface area contributed by atoms with Gasteiger partial charge >= 0.3 is 0 Å². The fraction of sp³-hybridized carbons (Fsp3) is 0. The molecule has 0 radical (unpaired) electrons. The minimum absolute atomic E-state index is 1.08. The molecule has 0 aliphatic heterocycles. The molecule has 0 spiro atoms. The van der Waals surface area contributed by atoms with Crippen molar-refractivity contribution in [1.29, 1.82) is 0 Å². The molecule has 0 unspecified atom stereocenters. The number of aromatic nitrogens is 1. The van der Waals surface area contributed by atoms with Gasteiger partial charge < -0.3 is 0 Å². The van der Waals surface area contributed by atoms with Crippen molar-refractivity contribution in [2.24, 2.45) is 0 Å². The summed E-state index contributed by atoms with van der Waals surface area (Å²) in [6, 6.07) is 27.9. The SMILES string of the molecule is c1ccc2cc(-c3ccc(-c4nc5ccccc5s4)s3)ccc2c1. The molecule has 3 aromatic carbocycles. The van der Waals surface area contributed by atoms with Crippen molar-refractivity contribution in [3.63, 3.8) is 0 Å². The monoisotopic (exact) mass is 343 g/mol. The van der Waals surface area contributed by atoms with Crippen molar-refractivity contribution in [1.82, 2.24) is 4.98 Å². The number of para-hydroxylation sites is 1. The summed E-state index contributed by atoms with van der Waals surface area (Å²) in [5.41, 5.74) is 2.35. The molecule has 0 saturated carbocycles. The lowest BCUT2D eigenvalue weighted by Gasteiger charge is -2.01. The van der Waals surface area contributed by atoms with Gasteiger partial charge in [-0.1, -0.05) is 48.5 Å². The Kier molecular flexibility index (Phi) is 3.21. The van der Waals surface area contributed by atoms with Crippen molar-refractivity contribution in [2.75, 3.05) is 0 Å². The summed E-state index contributed by atoms with van der Waals surface area (Å²) in [5, 5.41) is 3.67. The number of hydrogen-bond acceptors (Lipinski definition) is 3. The quantitative estimate of drug-likeness (QED) is 0.342. The minimum atomic E-state index is 1.08. The zero-order valence-electron chi connectivity index (χ0n) is 12.8. The fourth-order valence-corrected chi connectivity index (χ4v) is 4.95. The second kappa shape index (κ2) is 5.55. The molecule has 5 aromatic rings. The molecule has 0 atom stereocenters. The first-order chi connectivity index (χ1) is 11.9. The molecule has 1 nitrogen and oxygen atoms in total. The summed E-state index contributed by atoms with van der Waals surface area (Å²) in [4.78, 5) is 7.29. The Bertz CT molecular complexity index is 1130. The van der Waals surface area contributed by atoms with Crippen LogP contribution in [0, 0.1) is 0 Å². The third-order valence-electron chi connectivity index (χ3n) is 4.14.